The van der Waals surface area contributed by atoms with Crippen LogP contribution < -0.4 is 4.74 Å². The lowest BCUT2D eigenvalue weighted by Crippen LogP contribution is -2.30. The maximum Gasteiger partial charge on any atom is 0.359 e. The average Bonchev–Trinajstić information content (AvgIpc) is 2.18. The molecule has 0 amide bonds. The lowest BCUT2D eigenvalue weighted by atomic mass is 10.3. The van der Waals surface area contributed by atoms with Gasteiger partial charge in [0.25, 0.3) is 0 Å². The molecule has 1 rings (SSSR count). The molecule has 0 fully saturated rings. The predicted octanol–water partition coefficient (Wildman–Crippen LogP) is 4.19. The first-order valence-corrected chi connectivity index (χ1v) is 5.75. The fourth-order valence-corrected chi connectivity index (χ4v) is 1.94. The Kier molecular flexibility index (Phi) is 4.33. The van der Waals surface area contributed by atoms with Gasteiger partial charge in [0.05, 0.1) is 12.0 Å². The molecule has 0 heterocycles. The molecule has 1 aromatic rings. The Morgan fingerprint density at radius 3 is 2.35 bits per heavy atom. The highest BCUT2D eigenvalue weighted by molar-refractivity contribution is 8.00. The second-order valence-electron chi connectivity index (χ2n) is 2.95. The van der Waals surface area contributed by atoms with E-state index in [1.807, 2.05) is 0 Å². The number of methoxy groups -OCH3 is 1. The second-order valence-corrected chi connectivity index (χ2v) is 5.34. The van der Waals surface area contributed by atoms with Crippen molar-refractivity contribution < 1.29 is 23.0 Å². The summed E-state index contributed by atoms with van der Waals surface area (Å²) in [7, 11) is 1.22. The van der Waals surface area contributed by atoms with Crippen molar-refractivity contribution in [3.63, 3.8) is 0 Å². The minimum absolute atomic E-state index is 0.0349. The maximum atomic E-state index is 13.2. The first-order valence-electron chi connectivity index (χ1n) is 4.18. The van der Waals surface area contributed by atoms with E-state index in [1.54, 1.807) is 0 Å². The van der Waals surface area contributed by atoms with E-state index in [-0.39, 0.29) is 28.2 Å². The van der Waals surface area contributed by atoms with Gasteiger partial charge in [-0.1, -0.05) is 23.2 Å². The summed E-state index contributed by atoms with van der Waals surface area (Å²) in [5, 5.41) is 5.07. The third-order valence-electron chi connectivity index (χ3n) is 1.72. The lowest BCUT2D eigenvalue weighted by Gasteiger charge is -2.22. The molecular weight excluding hydrogens is 300 g/mol. The van der Waals surface area contributed by atoms with E-state index in [4.69, 9.17) is 33.0 Å². The Bertz CT molecular complexity index is 410. The number of hydrogen-bond acceptors (Lipinski definition) is 3. The molecule has 8 heteroatoms. The van der Waals surface area contributed by atoms with Gasteiger partial charge in [-0.3, -0.25) is 0 Å². The standard InChI is InChI=1S/C9H7Cl2F3O2S/c1-16-6-4-5(15)2-3-7(6)17-9(13,14)8(10,11)12/h2-4,15H,1H3. The number of halogens is 5. The van der Waals surface area contributed by atoms with Crippen molar-refractivity contribution in [3.8, 4) is 11.5 Å². The number of hydrogen-bond donors (Lipinski definition) is 1. The number of rotatable bonds is 4. The molecule has 17 heavy (non-hydrogen) atoms. The predicted molar refractivity (Wildman–Crippen MR) is 61.0 cm³/mol. The zero-order chi connectivity index (χ0) is 13.3. The monoisotopic (exact) mass is 306 g/mol. The fraction of sp³-hybridized carbons (Fsp3) is 0.333. The largest absolute Gasteiger partial charge is 0.508 e. The van der Waals surface area contributed by atoms with E-state index in [9.17, 15) is 13.2 Å². The summed E-state index contributed by atoms with van der Waals surface area (Å²) < 4.78 is 40.4. The van der Waals surface area contributed by atoms with Crippen LogP contribution in [0.3, 0.4) is 0 Å². The molecule has 2 nitrogen and oxygen atoms in total. The van der Waals surface area contributed by atoms with Crippen LogP contribution in [0, 0.1) is 0 Å². The summed E-state index contributed by atoms with van der Waals surface area (Å²) in [6, 6.07) is 3.41. The molecule has 0 aliphatic rings. The molecule has 0 aliphatic heterocycles. The van der Waals surface area contributed by atoms with E-state index in [0.29, 0.717) is 0 Å². The van der Waals surface area contributed by atoms with Crippen molar-refractivity contribution in [1.29, 1.82) is 0 Å². The molecule has 0 atom stereocenters. The lowest BCUT2D eigenvalue weighted by molar-refractivity contribution is 0.0324. The van der Waals surface area contributed by atoms with Crippen LogP contribution in [0.4, 0.5) is 13.2 Å². The number of benzene rings is 1. The molecule has 0 aliphatic carbocycles. The first-order chi connectivity index (χ1) is 7.67. The van der Waals surface area contributed by atoms with Gasteiger partial charge in [-0.05, 0) is 23.9 Å². The normalized spacial score (nSPS) is 12.6. The number of phenolic OH excluding ortho intramolecular Hbond substituents is 1. The van der Waals surface area contributed by atoms with Crippen molar-refractivity contribution in [2.24, 2.45) is 0 Å². The van der Waals surface area contributed by atoms with Gasteiger partial charge in [0, 0.05) is 6.07 Å². The smallest absolute Gasteiger partial charge is 0.359 e. The third-order valence-corrected chi connectivity index (χ3v) is 3.51. The van der Waals surface area contributed by atoms with E-state index in [2.05, 4.69) is 0 Å². The number of thioether (sulfide) groups is 1. The Labute approximate surface area is 110 Å². The summed E-state index contributed by atoms with van der Waals surface area (Å²) >= 11 is 9.28. The van der Waals surface area contributed by atoms with E-state index in [0.717, 1.165) is 18.2 Å². The van der Waals surface area contributed by atoms with Crippen LogP contribution in [0.25, 0.3) is 0 Å². The van der Waals surface area contributed by atoms with Crippen LogP contribution in [0.1, 0.15) is 0 Å². The quantitative estimate of drug-likeness (QED) is 0.668. The molecular formula is C9H7Cl2F3O2S. The number of aromatic hydroxyl groups is 1. The van der Waals surface area contributed by atoms with Crippen LogP contribution >= 0.6 is 35.0 Å². The first kappa shape index (κ1) is 14.6. The zero-order valence-electron chi connectivity index (χ0n) is 8.39. The highest BCUT2D eigenvalue weighted by Crippen LogP contribution is 2.52. The van der Waals surface area contributed by atoms with E-state index >= 15 is 0 Å². The van der Waals surface area contributed by atoms with Gasteiger partial charge in [0.1, 0.15) is 11.5 Å². The van der Waals surface area contributed by atoms with Gasteiger partial charge < -0.3 is 9.84 Å². The number of alkyl halides is 5. The summed E-state index contributed by atoms with van der Waals surface area (Å²) in [6.45, 7) is 0. The van der Waals surface area contributed by atoms with E-state index in [1.165, 1.54) is 7.11 Å². The molecule has 0 bridgehead atoms. The molecule has 0 aromatic heterocycles. The number of ether oxygens (including phenoxy) is 1. The van der Waals surface area contributed by atoms with Crippen molar-refractivity contribution in [2.75, 3.05) is 7.11 Å². The van der Waals surface area contributed by atoms with Crippen LogP contribution in [0.15, 0.2) is 23.1 Å². The zero-order valence-corrected chi connectivity index (χ0v) is 10.7. The van der Waals surface area contributed by atoms with Crippen molar-refractivity contribution in [3.05, 3.63) is 18.2 Å². The second kappa shape index (κ2) is 5.04. The Morgan fingerprint density at radius 1 is 1.29 bits per heavy atom. The summed E-state index contributed by atoms with van der Waals surface area (Å²) in [5.41, 5.74) is 0. The van der Waals surface area contributed by atoms with Gasteiger partial charge in [0.2, 0.25) is 0 Å². The molecule has 96 valence electrons. The molecule has 0 unspecified atom stereocenters. The minimum Gasteiger partial charge on any atom is -0.508 e. The fourth-order valence-electron chi connectivity index (χ4n) is 0.937. The van der Waals surface area contributed by atoms with Crippen LogP contribution in [0.5, 0.6) is 11.5 Å². The molecule has 0 saturated carbocycles. The topological polar surface area (TPSA) is 29.5 Å². The molecule has 0 saturated heterocycles. The van der Waals surface area contributed by atoms with Crippen molar-refractivity contribution in [1.82, 2.24) is 0 Å². The maximum absolute atomic E-state index is 13.2. The Balaban J connectivity index is 3.03. The van der Waals surface area contributed by atoms with Gasteiger partial charge in [0.15, 0.2) is 0 Å². The van der Waals surface area contributed by atoms with Crippen LogP contribution in [-0.4, -0.2) is 22.1 Å². The molecule has 0 spiro atoms. The Morgan fingerprint density at radius 2 is 1.88 bits per heavy atom. The highest BCUT2D eigenvalue weighted by Gasteiger charge is 2.54. The van der Waals surface area contributed by atoms with Gasteiger partial charge in [-0.2, -0.15) is 13.2 Å². The SMILES string of the molecule is COc1cc(O)ccc1SC(F)(F)C(F)(Cl)Cl. The average molecular weight is 307 g/mol. The summed E-state index contributed by atoms with van der Waals surface area (Å²) in [4.78, 5) is -0.0985. The third kappa shape index (κ3) is 3.50. The highest BCUT2D eigenvalue weighted by atomic mass is 35.5. The van der Waals surface area contributed by atoms with Crippen molar-refractivity contribution in [2.45, 2.75) is 14.7 Å². The van der Waals surface area contributed by atoms with Crippen molar-refractivity contribution >= 4 is 35.0 Å². The van der Waals surface area contributed by atoms with Crippen LogP contribution in [0.2, 0.25) is 0 Å². The van der Waals surface area contributed by atoms with Gasteiger partial charge in [-0.25, -0.2) is 0 Å². The summed E-state index contributed by atoms with van der Waals surface area (Å²) in [5.74, 6) is -0.204. The van der Waals surface area contributed by atoms with E-state index < -0.39 is 9.84 Å². The summed E-state index contributed by atoms with van der Waals surface area (Å²) in [6.07, 6.45) is 0. The Hall–Kier alpha value is -0.460. The van der Waals surface area contributed by atoms with Crippen LogP contribution in [-0.2, 0) is 0 Å². The number of phenols is 1. The van der Waals surface area contributed by atoms with Gasteiger partial charge in [-0.15, -0.1) is 0 Å². The molecule has 1 aromatic carbocycles. The minimum atomic E-state index is -4.06. The van der Waals surface area contributed by atoms with Gasteiger partial charge >= 0.3 is 9.84 Å². The molecule has 0 radical (unpaired) electrons. The molecule has 1 N–H and O–H groups in total.